The second-order valence-electron chi connectivity index (χ2n) is 8.75. The van der Waals surface area contributed by atoms with E-state index in [4.69, 9.17) is 4.74 Å². The Bertz CT molecular complexity index is 1110. The highest BCUT2D eigenvalue weighted by atomic mass is 16.5. The number of aryl methyl sites for hydroxylation is 1. The van der Waals surface area contributed by atoms with Crippen molar-refractivity contribution in [2.75, 3.05) is 21.2 Å². The molecule has 0 aliphatic rings. The fraction of sp³-hybridized carbons (Fsp3) is 0.385. The van der Waals surface area contributed by atoms with Crippen LogP contribution < -0.4 is 4.74 Å². The number of nitrogens with zero attached hydrogens (tertiary/aromatic N) is 1. The molecular weight excluding hydrogens is 404 g/mol. The number of aromatic amines is 1. The van der Waals surface area contributed by atoms with Gasteiger partial charge >= 0.3 is 5.97 Å². The number of carbonyl (C=O) groups excluding carboxylic acids is 1. The highest BCUT2D eigenvalue weighted by Gasteiger charge is 2.25. The predicted molar refractivity (Wildman–Crippen MR) is 127 cm³/mol. The van der Waals surface area contributed by atoms with Gasteiger partial charge in [0.2, 0.25) is 5.91 Å². The van der Waals surface area contributed by atoms with Gasteiger partial charge in [0.15, 0.2) is 0 Å². The molecule has 2 N–H and O–H groups in total. The molecule has 0 spiro atoms. The Morgan fingerprint density at radius 3 is 2.47 bits per heavy atom. The van der Waals surface area contributed by atoms with Crippen molar-refractivity contribution in [2.45, 2.75) is 39.0 Å². The van der Waals surface area contributed by atoms with Gasteiger partial charge in [0, 0.05) is 49.1 Å². The molecule has 32 heavy (non-hydrogen) atoms. The molecule has 0 aliphatic carbocycles. The number of fused-ring (bicyclic) bond motifs is 1. The van der Waals surface area contributed by atoms with E-state index < -0.39 is 5.97 Å². The van der Waals surface area contributed by atoms with E-state index >= 15 is 0 Å². The first-order valence-electron chi connectivity index (χ1n) is 10.9. The molecule has 0 aliphatic heterocycles. The Morgan fingerprint density at radius 1 is 1.09 bits per heavy atom. The molecule has 3 aromatic rings. The van der Waals surface area contributed by atoms with Gasteiger partial charge in [0.1, 0.15) is 5.75 Å². The van der Waals surface area contributed by atoms with Crippen LogP contribution in [0.5, 0.6) is 5.75 Å². The summed E-state index contributed by atoms with van der Waals surface area (Å²) in [6, 6.07) is 11.5. The number of methoxy groups -OCH3 is 1. The number of H-pyrrole nitrogens is 1. The van der Waals surface area contributed by atoms with Gasteiger partial charge in [-0.25, -0.2) is 4.79 Å². The number of amides is 1. The third-order valence-electron chi connectivity index (χ3n) is 5.95. The molecule has 1 aromatic heterocycles. The zero-order chi connectivity index (χ0) is 23.4. The lowest BCUT2D eigenvalue weighted by Crippen LogP contribution is -2.21. The standard InChI is InChI=1S/C26H32N2O4/c1-16(2)25(19-11-10-18(26(30)31)14-23(19)32-5)21-15-27-22-12-9-17(13-20(21)22)7-6-8-24(29)28(3)4/h9-16,25,27H,6-8H2,1-5H3,(H,30,31). The van der Waals surface area contributed by atoms with Crippen LogP contribution in [0, 0.1) is 5.92 Å². The maximum Gasteiger partial charge on any atom is 0.335 e. The highest BCUT2D eigenvalue weighted by Crippen LogP contribution is 2.40. The first-order chi connectivity index (χ1) is 15.2. The smallest absolute Gasteiger partial charge is 0.335 e. The molecule has 6 heteroatoms. The maximum absolute atomic E-state index is 11.9. The average Bonchev–Trinajstić information content (AvgIpc) is 3.16. The number of hydrogen-bond acceptors (Lipinski definition) is 3. The van der Waals surface area contributed by atoms with Crippen molar-refractivity contribution in [2.24, 2.45) is 5.92 Å². The van der Waals surface area contributed by atoms with Crippen molar-refractivity contribution in [3.05, 3.63) is 64.8 Å². The van der Waals surface area contributed by atoms with Crippen LogP contribution in [0.2, 0.25) is 0 Å². The summed E-state index contributed by atoms with van der Waals surface area (Å²) in [5.74, 6) is 0.0500. The quantitative estimate of drug-likeness (QED) is 0.490. The van der Waals surface area contributed by atoms with Crippen LogP contribution in [0.1, 0.15) is 59.7 Å². The lowest BCUT2D eigenvalue weighted by Gasteiger charge is -2.24. The van der Waals surface area contributed by atoms with E-state index in [1.807, 2.05) is 12.3 Å². The van der Waals surface area contributed by atoms with Gasteiger partial charge in [0.05, 0.1) is 12.7 Å². The van der Waals surface area contributed by atoms with Gasteiger partial charge < -0.3 is 19.7 Å². The van der Waals surface area contributed by atoms with Gasteiger partial charge in [-0.2, -0.15) is 0 Å². The van der Waals surface area contributed by atoms with Crippen molar-refractivity contribution >= 4 is 22.8 Å². The SMILES string of the molecule is COc1cc(C(=O)O)ccc1C(c1c[nH]c2ccc(CCCC(=O)N(C)C)cc12)C(C)C. The number of carbonyl (C=O) groups is 2. The number of rotatable bonds is 9. The minimum absolute atomic E-state index is 0.0344. The molecule has 1 atom stereocenters. The van der Waals surface area contributed by atoms with Gasteiger partial charge in [-0.15, -0.1) is 0 Å². The topological polar surface area (TPSA) is 82.6 Å². The molecular formula is C26H32N2O4. The lowest BCUT2D eigenvalue weighted by atomic mass is 9.81. The average molecular weight is 437 g/mol. The number of hydrogen-bond donors (Lipinski definition) is 2. The maximum atomic E-state index is 11.9. The van der Waals surface area contributed by atoms with Crippen LogP contribution >= 0.6 is 0 Å². The Hall–Kier alpha value is -3.28. The van der Waals surface area contributed by atoms with E-state index in [1.165, 1.54) is 5.56 Å². The Balaban J connectivity index is 1.97. The summed E-state index contributed by atoms with van der Waals surface area (Å²) in [5, 5.41) is 10.5. The number of ether oxygens (including phenoxy) is 1. The molecule has 0 fully saturated rings. The second-order valence-corrected chi connectivity index (χ2v) is 8.75. The number of aromatic nitrogens is 1. The monoisotopic (exact) mass is 436 g/mol. The van der Waals surface area contributed by atoms with Crippen LogP contribution in [-0.4, -0.2) is 48.1 Å². The third-order valence-corrected chi connectivity index (χ3v) is 5.95. The van der Waals surface area contributed by atoms with Crippen molar-refractivity contribution in [3.8, 4) is 5.75 Å². The van der Waals surface area contributed by atoms with Crippen LogP contribution in [0.15, 0.2) is 42.6 Å². The number of benzene rings is 2. The zero-order valence-corrected chi connectivity index (χ0v) is 19.4. The van der Waals surface area contributed by atoms with Crippen LogP contribution in [0.25, 0.3) is 10.9 Å². The molecule has 2 aromatic carbocycles. The Kier molecular flexibility index (Phi) is 7.23. The summed E-state index contributed by atoms with van der Waals surface area (Å²) in [7, 11) is 5.14. The number of carboxylic acid groups (broad SMARTS) is 1. The van der Waals surface area contributed by atoms with Crippen molar-refractivity contribution < 1.29 is 19.4 Å². The van der Waals surface area contributed by atoms with Gasteiger partial charge in [-0.05, 0) is 54.2 Å². The largest absolute Gasteiger partial charge is 0.496 e. The molecule has 0 bridgehead atoms. The van der Waals surface area contributed by atoms with E-state index in [9.17, 15) is 14.7 Å². The molecule has 3 rings (SSSR count). The number of carboxylic acids is 1. The van der Waals surface area contributed by atoms with E-state index in [-0.39, 0.29) is 23.3 Å². The van der Waals surface area contributed by atoms with E-state index in [1.54, 1.807) is 38.2 Å². The Labute approximate surface area is 189 Å². The molecule has 0 radical (unpaired) electrons. The summed E-state index contributed by atoms with van der Waals surface area (Å²) in [4.78, 5) is 28.3. The van der Waals surface area contributed by atoms with Crippen molar-refractivity contribution in [1.82, 2.24) is 9.88 Å². The van der Waals surface area contributed by atoms with E-state index in [0.717, 1.165) is 34.9 Å². The summed E-state index contributed by atoms with van der Waals surface area (Å²) >= 11 is 0. The molecule has 6 nitrogen and oxygen atoms in total. The molecule has 1 unspecified atom stereocenters. The van der Waals surface area contributed by atoms with Crippen LogP contribution in [0.4, 0.5) is 0 Å². The summed E-state index contributed by atoms with van der Waals surface area (Å²) in [5.41, 5.74) is 4.58. The lowest BCUT2D eigenvalue weighted by molar-refractivity contribution is -0.128. The predicted octanol–water partition coefficient (Wildman–Crippen LogP) is 5.07. The summed E-state index contributed by atoms with van der Waals surface area (Å²) < 4.78 is 5.59. The zero-order valence-electron chi connectivity index (χ0n) is 19.4. The normalized spacial score (nSPS) is 12.2. The van der Waals surface area contributed by atoms with Crippen LogP contribution in [0.3, 0.4) is 0 Å². The Morgan fingerprint density at radius 2 is 1.84 bits per heavy atom. The molecule has 170 valence electrons. The van der Waals surface area contributed by atoms with Gasteiger partial charge in [0.25, 0.3) is 0 Å². The first kappa shape index (κ1) is 23.4. The van der Waals surface area contributed by atoms with Gasteiger partial charge in [-0.1, -0.05) is 26.0 Å². The summed E-state index contributed by atoms with van der Waals surface area (Å²) in [6.07, 6.45) is 4.22. The molecule has 1 heterocycles. The fourth-order valence-corrected chi connectivity index (χ4v) is 4.26. The van der Waals surface area contributed by atoms with Crippen molar-refractivity contribution in [3.63, 3.8) is 0 Å². The molecule has 1 amide bonds. The van der Waals surface area contributed by atoms with Gasteiger partial charge in [-0.3, -0.25) is 4.79 Å². The molecule has 0 saturated carbocycles. The minimum atomic E-state index is -0.972. The van der Waals surface area contributed by atoms with Crippen molar-refractivity contribution in [1.29, 1.82) is 0 Å². The number of aromatic carboxylic acids is 1. The minimum Gasteiger partial charge on any atom is -0.496 e. The highest BCUT2D eigenvalue weighted by molar-refractivity contribution is 5.89. The fourth-order valence-electron chi connectivity index (χ4n) is 4.26. The first-order valence-corrected chi connectivity index (χ1v) is 10.9. The summed E-state index contributed by atoms with van der Waals surface area (Å²) in [6.45, 7) is 4.31. The van der Waals surface area contributed by atoms with E-state index in [0.29, 0.717) is 12.2 Å². The molecule has 0 saturated heterocycles. The third kappa shape index (κ3) is 4.96. The number of nitrogens with one attached hydrogen (secondary N) is 1. The van der Waals surface area contributed by atoms with E-state index in [2.05, 4.69) is 37.0 Å². The van der Waals surface area contributed by atoms with Crippen LogP contribution in [-0.2, 0) is 11.2 Å². The second kappa shape index (κ2) is 9.90.